The molecule has 0 aliphatic rings. The molecule has 9 nitrogen and oxygen atoms in total. The number of anilines is 1. The summed E-state index contributed by atoms with van der Waals surface area (Å²) in [6.45, 7) is 2.14. The van der Waals surface area contributed by atoms with Gasteiger partial charge in [0.25, 0.3) is 5.91 Å². The first-order valence-electron chi connectivity index (χ1n) is 8.98. The molecule has 0 atom stereocenters. The lowest BCUT2D eigenvalue weighted by Crippen LogP contribution is -2.26. The molecular formula is C20H20FN5O4. The molecule has 0 saturated carbocycles. The molecule has 3 N–H and O–H groups in total. The molecule has 1 aromatic carbocycles. The van der Waals surface area contributed by atoms with Crippen LogP contribution in [0.3, 0.4) is 0 Å². The molecule has 10 heteroatoms. The number of halogens is 1. The van der Waals surface area contributed by atoms with Crippen LogP contribution < -0.4 is 20.7 Å². The van der Waals surface area contributed by atoms with Crippen LogP contribution in [-0.2, 0) is 11.4 Å². The first-order valence-corrected chi connectivity index (χ1v) is 8.98. The summed E-state index contributed by atoms with van der Waals surface area (Å²) in [5.74, 6) is -0.349. The summed E-state index contributed by atoms with van der Waals surface area (Å²) >= 11 is 0. The number of carbonyl (C=O) groups excluding carboxylic acids is 1. The fraction of sp³-hybridized carbons (Fsp3) is 0.200. The summed E-state index contributed by atoms with van der Waals surface area (Å²) < 4.78 is 24.2. The topological polar surface area (TPSA) is 121 Å². The van der Waals surface area contributed by atoms with Crippen molar-refractivity contribution < 1.29 is 23.5 Å². The third-order valence-electron chi connectivity index (χ3n) is 3.99. The van der Waals surface area contributed by atoms with E-state index >= 15 is 0 Å². The second-order valence-corrected chi connectivity index (χ2v) is 5.98. The van der Waals surface area contributed by atoms with Crippen LogP contribution in [0.2, 0.25) is 0 Å². The molecule has 3 rings (SSSR count). The normalized spacial score (nSPS) is 10.5. The van der Waals surface area contributed by atoms with Crippen molar-refractivity contribution in [3.63, 3.8) is 0 Å². The van der Waals surface area contributed by atoms with E-state index in [0.717, 1.165) is 0 Å². The number of aromatic nitrogens is 3. The van der Waals surface area contributed by atoms with Gasteiger partial charge >= 0.3 is 0 Å². The molecule has 2 aromatic heterocycles. The third kappa shape index (κ3) is 4.97. The van der Waals surface area contributed by atoms with E-state index in [2.05, 4.69) is 20.4 Å². The summed E-state index contributed by atoms with van der Waals surface area (Å²) in [5, 5.41) is 0. The van der Waals surface area contributed by atoms with Crippen molar-refractivity contribution in [1.82, 2.24) is 20.4 Å². The Bertz CT molecular complexity index is 1030. The number of hydrogen-bond acceptors (Lipinski definition) is 8. The van der Waals surface area contributed by atoms with E-state index in [1.165, 1.54) is 31.5 Å². The van der Waals surface area contributed by atoms with Gasteiger partial charge in [-0.15, -0.1) is 0 Å². The molecule has 0 spiro atoms. The van der Waals surface area contributed by atoms with E-state index in [1.54, 1.807) is 18.3 Å². The number of benzene rings is 1. The lowest BCUT2D eigenvalue weighted by atomic mass is 10.2. The van der Waals surface area contributed by atoms with Gasteiger partial charge in [0.05, 0.1) is 25.6 Å². The number of rotatable bonds is 8. The summed E-state index contributed by atoms with van der Waals surface area (Å²) in [6, 6.07) is 7.62. The van der Waals surface area contributed by atoms with E-state index in [9.17, 15) is 9.18 Å². The van der Waals surface area contributed by atoms with Crippen LogP contribution in [0, 0.1) is 5.82 Å². The summed E-state index contributed by atoms with van der Waals surface area (Å²) in [5.41, 5.74) is 9.06. The van der Waals surface area contributed by atoms with E-state index in [4.69, 9.17) is 20.0 Å². The highest BCUT2D eigenvalue weighted by Crippen LogP contribution is 2.20. The summed E-state index contributed by atoms with van der Waals surface area (Å²) in [7, 11) is 1.47. The highest BCUT2D eigenvalue weighted by molar-refractivity contribution is 5.96. The maximum absolute atomic E-state index is 13.8. The highest BCUT2D eigenvalue weighted by atomic mass is 19.1. The number of ether oxygens (including phenoxy) is 2. The number of nitrogens with zero attached hydrogens (tertiary/aromatic N) is 3. The first kappa shape index (κ1) is 20.9. The van der Waals surface area contributed by atoms with E-state index in [-0.39, 0.29) is 23.7 Å². The van der Waals surface area contributed by atoms with Crippen LogP contribution in [0.4, 0.5) is 10.2 Å². The van der Waals surface area contributed by atoms with Crippen LogP contribution in [0.1, 0.15) is 23.0 Å². The molecule has 2 heterocycles. The van der Waals surface area contributed by atoms with Crippen LogP contribution >= 0.6 is 0 Å². The Morgan fingerprint density at radius 1 is 1.20 bits per heavy atom. The average molecular weight is 413 g/mol. The van der Waals surface area contributed by atoms with E-state index < -0.39 is 11.7 Å². The van der Waals surface area contributed by atoms with E-state index in [1.807, 2.05) is 6.92 Å². The zero-order chi connectivity index (χ0) is 21.5. The van der Waals surface area contributed by atoms with Crippen molar-refractivity contribution in [2.75, 3.05) is 19.5 Å². The fourth-order valence-electron chi connectivity index (χ4n) is 2.49. The predicted octanol–water partition coefficient (Wildman–Crippen LogP) is 2.53. The van der Waals surface area contributed by atoms with Crippen molar-refractivity contribution in [2.24, 2.45) is 0 Å². The number of nitrogen functional groups attached to an aromatic ring is 1. The van der Waals surface area contributed by atoms with Crippen LogP contribution in [0.5, 0.6) is 11.6 Å². The molecule has 0 bridgehead atoms. The van der Waals surface area contributed by atoms with Crippen molar-refractivity contribution in [1.29, 1.82) is 0 Å². The minimum absolute atomic E-state index is 0.0775. The van der Waals surface area contributed by atoms with Crippen molar-refractivity contribution in [3.8, 4) is 22.9 Å². The molecule has 3 aromatic rings. The maximum Gasteiger partial charge on any atom is 0.297 e. The van der Waals surface area contributed by atoms with Gasteiger partial charge in [-0.2, -0.15) is 0 Å². The standard InChI is InChI=1S/C20H20FN5O4/c1-3-29-17-7-4-12(9-23-17)16-10-24-19(22)18(25-16)20(27)26-30-11-13-8-14(28-2)5-6-15(13)21/h4-10H,3,11H2,1-2H3,(H2,22,24)(H,26,27). The Hall–Kier alpha value is -3.79. The van der Waals surface area contributed by atoms with Gasteiger partial charge in [-0.3, -0.25) is 9.63 Å². The van der Waals surface area contributed by atoms with Gasteiger partial charge in [0, 0.05) is 23.4 Å². The molecule has 0 radical (unpaired) electrons. The molecular weight excluding hydrogens is 393 g/mol. The average Bonchev–Trinajstić information content (AvgIpc) is 2.76. The maximum atomic E-state index is 13.8. The monoisotopic (exact) mass is 413 g/mol. The number of nitrogens with one attached hydrogen (secondary N) is 1. The predicted molar refractivity (Wildman–Crippen MR) is 106 cm³/mol. The number of hydroxylamine groups is 1. The smallest absolute Gasteiger partial charge is 0.297 e. The minimum atomic E-state index is -0.718. The number of amides is 1. The zero-order valence-electron chi connectivity index (χ0n) is 16.4. The second-order valence-electron chi connectivity index (χ2n) is 5.98. The van der Waals surface area contributed by atoms with Crippen molar-refractivity contribution >= 4 is 11.7 Å². The lowest BCUT2D eigenvalue weighted by Gasteiger charge is -2.10. The van der Waals surface area contributed by atoms with Gasteiger partial charge in [-0.05, 0) is 31.2 Å². The molecule has 156 valence electrons. The summed E-state index contributed by atoms with van der Waals surface area (Å²) in [4.78, 5) is 29.9. The first-order chi connectivity index (χ1) is 14.5. The van der Waals surface area contributed by atoms with Gasteiger partial charge in [0.1, 0.15) is 18.2 Å². The Balaban J connectivity index is 1.69. The highest BCUT2D eigenvalue weighted by Gasteiger charge is 2.16. The largest absolute Gasteiger partial charge is 0.497 e. The Kier molecular flexibility index (Phi) is 6.71. The van der Waals surface area contributed by atoms with Gasteiger partial charge in [-0.25, -0.2) is 24.8 Å². The number of hydrogen-bond donors (Lipinski definition) is 2. The van der Waals surface area contributed by atoms with Gasteiger partial charge in [0.15, 0.2) is 11.5 Å². The Morgan fingerprint density at radius 2 is 2.03 bits per heavy atom. The molecule has 1 amide bonds. The molecule has 0 saturated heterocycles. The molecule has 30 heavy (non-hydrogen) atoms. The van der Waals surface area contributed by atoms with Crippen molar-refractivity contribution in [2.45, 2.75) is 13.5 Å². The van der Waals surface area contributed by atoms with Crippen LogP contribution in [-0.4, -0.2) is 34.6 Å². The number of pyridine rings is 1. The third-order valence-corrected chi connectivity index (χ3v) is 3.99. The number of carbonyl (C=O) groups is 1. The quantitative estimate of drug-likeness (QED) is 0.541. The molecule has 0 fully saturated rings. The van der Waals surface area contributed by atoms with Gasteiger partial charge in [-0.1, -0.05) is 0 Å². The van der Waals surface area contributed by atoms with Crippen LogP contribution in [0.15, 0.2) is 42.7 Å². The van der Waals surface area contributed by atoms with Gasteiger partial charge < -0.3 is 15.2 Å². The Morgan fingerprint density at radius 3 is 2.73 bits per heavy atom. The zero-order valence-corrected chi connectivity index (χ0v) is 16.4. The SMILES string of the molecule is CCOc1ccc(-c2cnc(N)c(C(=O)NOCc3cc(OC)ccc3F)n2)cn1. The summed E-state index contributed by atoms with van der Waals surface area (Å²) in [6.07, 6.45) is 2.98. The fourth-order valence-corrected chi connectivity index (χ4v) is 2.49. The number of nitrogens with two attached hydrogens (primary N) is 1. The number of methoxy groups -OCH3 is 1. The van der Waals surface area contributed by atoms with Gasteiger partial charge in [0.2, 0.25) is 5.88 Å². The van der Waals surface area contributed by atoms with Crippen LogP contribution in [0.25, 0.3) is 11.3 Å². The molecule has 0 unspecified atom stereocenters. The lowest BCUT2D eigenvalue weighted by molar-refractivity contribution is 0.0220. The molecule has 0 aliphatic heterocycles. The Labute approximate surface area is 172 Å². The minimum Gasteiger partial charge on any atom is -0.497 e. The molecule has 0 aliphatic carbocycles. The van der Waals surface area contributed by atoms with Crippen molar-refractivity contribution in [3.05, 3.63) is 59.8 Å². The van der Waals surface area contributed by atoms with E-state index in [0.29, 0.717) is 29.5 Å². The second kappa shape index (κ2) is 9.61.